The summed E-state index contributed by atoms with van der Waals surface area (Å²) in [5, 5.41) is 12.4. The van der Waals surface area contributed by atoms with E-state index in [1.807, 2.05) is 0 Å². The SMILES string of the molecule is CC(C)COC(C)CCC1CCC(C)C2C(O)C3C(C)C4(C)C(C)C(C(C)C)C(C)CC4(C)CC3(C)CC12. The Labute approximate surface area is 237 Å². The molecule has 2 nitrogen and oxygen atoms in total. The van der Waals surface area contributed by atoms with Crippen LogP contribution in [-0.2, 0) is 4.74 Å². The van der Waals surface area contributed by atoms with Crippen molar-refractivity contribution < 1.29 is 9.84 Å². The van der Waals surface area contributed by atoms with Crippen molar-refractivity contribution in [1.29, 1.82) is 0 Å². The Morgan fingerprint density at radius 3 is 2.13 bits per heavy atom. The first-order chi connectivity index (χ1) is 17.6. The van der Waals surface area contributed by atoms with E-state index in [9.17, 15) is 5.11 Å². The summed E-state index contributed by atoms with van der Waals surface area (Å²) in [7, 11) is 0. The summed E-state index contributed by atoms with van der Waals surface area (Å²) in [6.45, 7) is 30.7. The molecule has 0 aromatic heterocycles. The van der Waals surface area contributed by atoms with Gasteiger partial charge in [-0.15, -0.1) is 0 Å². The van der Waals surface area contributed by atoms with Crippen LogP contribution in [0.2, 0.25) is 0 Å². The van der Waals surface area contributed by atoms with Crippen molar-refractivity contribution in [3.05, 3.63) is 0 Å². The molecule has 222 valence electrons. The Morgan fingerprint density at radius 2 is 1.53 bits per heavy atom. The molecule has 0 aromatic rings. The van der Waals surface area contributed by atoms with Crippen LogP contribution in [0.4, 0.5) is 0 Å². The fourth-order valence-electron chi connectivity index (χ4n) is 12.4. The molecule has 4 saturated carbocycles. The molecule has 4 rings (SSSR count). The lowest BCUT2D eigenvalue weighted by atomic mass is 9.32. The van der Waals surface area contributed by atoms with Gasteiger partial charge in [0.1, 0.15) is 0 Å². The summed E-state index contributed by atoms with van der Waals surface area (Å²) in [6.07, 6.45) is 9.28. The van der Waals surface area contributed by atoms with Gasteiger partial charge in [-0.1, -0.05) is 82.6 Å². The van der Waals surface area contributed by atoms with Gasteiger partial charge in [0.15, 0.2) is 0 Å². The Bertz CT molecular complexity index is 805. The fourth-order valence-corrected chi connectivity index (χ4v) is 12.4. The predicted octanol–water partition coefficient (Wildman–Crippen LogP) is 9.49. The highest BCUT2D eigenvalue weighted by molar-refractivity contribution is 5.17. The fraction of sp³-hybridized carbons (Fsp3) is 1.00. The summed E-state index contributed by atoms with van der Waals surface area (Å²) >= 11 is 0. The van der Waals surface area contributed by atoms with E-state index in [0.29, 0.717) is 52.9 Å². The van der Waals surface area contributed by atoms with Gasteiger partial charge >= 0.3 is 0 Å². The number of hydrogen-bond donors (Lipinski definition) is 1. The summed E-state index contributed by atoms with van der Waals surface area (Å²) in [6, 6.07) is 0. The van der Waals surface area contributed by atoms with E-state index in [1.54, 1.807) is 0 Å². The van der Waals surface area contributed by atoms with Crippen molar-refractivity contribution in [3.8, 4) is 0 Å². The van der Waals surface area contributed by atoms with Crippen molar-refractivity contribution in [1.82, 2.24) is 0 Å². The molecule has 1 N–H and O–H groups in total. The maximum Gasteiger partial charge on any atom is 0.0609 e. The molecule has 0 saturated heterocycles. The molecule has 14 atom stereocenters. The van der Waals surface area contributed by atoms with Gasteiger partial charge in [-0.25, -0.2) is 0 Å². The third-order valence-corrected chi connectivity index (χ3v) is 14.0. The number of rotatable bonds is 7. The third-order valence-electron chi connectivity index (χ3n) is 14.0. The maximum atomic E-state index is 12.4. The molecule has 38 heavy (non-hydrogen) atoms. The van der Waals surface area contributed by atoms with Crippen molar-refractivity contribution in [2.75, 3.05) is 6.61 Å². The number of fused-ring (bicyclic) bond motifs is 3. The molecular formula is C36H66O2. The lowest BCUT2D eigenvalue weighted by Gasteiger charge is -2.72. The molecule has 4 aliphatic rings. The summed E-state index contributed by atoms with van der Waals surface area (Å²) < 4.78 is 6.17. The van der Waals surface area contributed by atoms with E-state index in [1.165, 1.54) is 44.9 Å². The smallest absolute Gasteiger partial charge is 0.0609 e. The van der Waals surface area contributed by atoms with Gasteiger partial charge in [-0.2, -0.15) is 0 Å². The summed E-state index contributed by atoms with van der Waals surface area (Å²) in [5.74, 6) is 7.13. The highest BCUT2D eigenvalue weighted by Gasteiger charge is 2.69. The normalized spacial score (nSPS) is 51.9. The largest absolute Gasteiger partial charge is 0.392 e. The van der Waals surface area contributed by atoms with E-state index in [2.05, 4.69) is 83.1 Å². The molecular weight excluding hydrogens is 464 g/mol. The number of aliphatic hydroxyl groups excluding tert-OH is 1. The molecule has 0 spiro atoms. The minimum Gasteiger partial charge on any atom is -0.392 e. The first kappa shape index (κ1) is 30.9. The third kappa shape index (κ3) is 4.97. The molecule has 0 aromatic carbocycles. The molecule has 4 fully saturated rings. The molecule has 0 aliphatic heterocycles. The average Bonchev–Trinajstić information content (AvgIpc) is 2.79. The van der Waals surface area contributed by atoms with E-state index in [4.69, 9.17) is 4.74 Å². The zero-order chi connectivity index (χ0) is 28.4. The van der Waals surface area contributed by atoms with Gasteiger partial charge in [0.25, 0.3) is 0 Å². The topological polar surface area (TPSA) is 29.5 Å². The molecule has 0 amide bonds. The number of ether oxygens (including phenoxy) is 1. The Hall–Kier alpha value is -0.0800. The van der Waals surface area contributed by atoms with Crippen LogP contribution in [0, 0.1) is 81.3 Å². The number of hydrogen-bond acceptors (Lipinski definition) is 2. The van der Waals surface area contributed by atoms with Crippen molar-refractivity contribution >= 4 is 0 Å². The van der Waals surface area contributed by atoms with Crippen LogP contribution in [0.3, 0.4) is 0 Å². The van der Waals surface area contributed by atoms with E-state index >= 15 is 0 Å². The van der Waals surface area contributed by atoms with Crippen molar-refractivity contribution in [2.45, 2.75) is 140 Å². The van der Waals surface area contributed by atoms with E-state index < -0.39 is 0 Å². The van der Waals surface area contributed by atoms with Crippen LogP contribution in [-0.4, -0.2) is 23.9 Å². The van der Waals surface area contributed by atoms with Crippen LogP contribution in [0.1, 0.15) is 128 Å². The standard InChI is InChI=1S/C36H66O2/c1-21(2)19-38-25(7)14-16-28-15-13-23(5)31-29(28)18-34(10)20-35(11)17-24(6)30(22(3)4)26(8)36(35,12)27(9)32(34)33(31)37/h21-33,37H,13-20H2,1-12H3. The Balaban J connectivity index is 1.61. The predicted molar refractivity (Wildman–Crippen MR) is 162 cm³/mol. The van der Waals surface area contributed by atoms with Gasteiger partial charge in [0.05, 0.1) is 12.2 Å². The molecule has 0 radical (unpaired) electrons. The minimum absolute atomic E-state index is 0.147. The first-order valence-corrected chi connectivity index (χ1v) is 16.9. The molecule has 2 heteroatoms. The second kappa shape index (κ2) is 11.0. The van der Waals surface area contributed by atoms with Gasteiger partial charge in [-0.3, -0.25) is 0 Å². The van der Waals surface area contributed by atoms with Crippen LogP contribution in [0.15, 0.2) is 0 Å². The van der Waals surface area contributed by atoms with Crippen LogP contribution in [0.25, 0.3) is 0 Å². The van der Waals surface area contributed by atoms with Gasteiger partial charge in [-0.05, 0) is 127 Å². The van der Waals surface area contributed by atoms with Gasteiger partial charge in [0.2, 0.25) is 0 Å². The van der Waals surface area contributed by atoms with Crippen LogP contribution < -0.4 is 0 Å². The second-order valence-corrected chi connectivity index (χ2v) is 17.1. The Kier molecular flexibility index (Phi) is 8.91. The van der Waals surface area contributed by atoms with E-state index in [0.717, 1.165) is 30.3 Å². The molecule has 0 bridgehead atoms. The molecule has 0 heterocycles. The van der Waals surface area contributed by atoms with Crippen molar-refractivity contribution in [3.63, 3.8) is 0 Å². The monoisotopic (exact) mass is 531 g/mol. The molecule has 4 aliphatic carbocycles. The van der Waals surface area contributed by atoms with Crippen LogP contribution in [0.5, 0.6) is 0 Å². The summed E-state index contributed by atoms with van der Waals surface area (Å²) in [5.41, 5.74) is 0.879. The van der Waals surface area contributed by atoms with Gasteiger partial charge < -0.3 is 9.84 Å². The highest BCUT2D eigenvalue weighted by Crippen LogP contribution is 2.74. The second-order valence-electron chi connectivity index (χ2n) is 17.1. The van der Waals surface area contributed by atoms with E-state index in [-0.39, 0.29) is 16.9 Å². The zero-order valence-corrected chi connectivity index (χ0v) is 27.5. The number of aliphatic hydroxyl groups is 1. The van der Waals surface area contributed by atoms with Gasteiger partial charge in [0, 0.05) is 6.61 Å². The minimum atomic E-state index is -0.147. The Morgan fingerprint density at radius 1 is 0.868 bits per heavy atom. The quantitative estimate of drug-likeness (QED) is 0.355. The highest BCUT2D eigenvalue weighted by atomic mass is 16.5. The maximum absolute atomic E-state index is 12.4. The zero-order valence-electron chi connectivity index (χ0n) is 27.5. The lowest BCUT2D eigenvalue weighted by Crippen LogP contribution is -2.68. The summed E-state index contributed by atoms with van der Waals surface area (Å²) in [4.78, 5) is 0. The first-order valence-electron chi connectivity index (χ1n) is 16.9. The average molecular weight is 531 g/mol. The molecule has 14 unspecified atom stereocenters. The lowest BCUT2D eigenvalue weighted by molar-refractivity contribution is -0.261. The van der Waals surface area contributed by atoms with Crippen LogP contribution >= 0.6 is 0 Å². The van der Waals surface area contributed by atoms with Crippen molar-refractivity contribution in [2.24, 2.45) is 81.3 Å².